The number of hydrogen-bond acceptors (Lipinski definition) is 7. The fourth-order valence-electron chi connectivity index (χ4n) is 7.31. The highest BCUT2D eigenvalue weighted by Crippen LogP contribution is 2.41. The topological polar surface area (TPSA) is 110 Å². The highest BCUT2D eigenvalue weighted by molar-refractivity contribution is 5.90. The molecule has 2 aromatic carbocycles. The van der Waals surface area contributed by atoms with Crippen molar-refractivity contribution in [2.45, 2.75) is 84.3 Å². The second-order valence-corrected chi connectivity index (χ2v) is 12.5. The summed E-state index contributed by atoms with van der Waals surface area (Å²) in [4.78, 5) is 31.7. The second-order valence-electron chi connectivity index (χ2n) is 12.5. The zero-order valence-electron chi connectivity index (χ0n) is 27.8. The van der Waals surface area contributed by atoms with Crippen LogP contribution in [0.25, 0.3) is 17.1 Å². The van der Waals surface area contributed by atoms with E-state index in [-0.39, 0.29) is 17.9 Å². The van der Waals surface area contributed by atoms with Gasteiger partial charge in [-0.3, -0.25) is 4.79 Å². The Balaban J connectivity index is 1.24. The predicted octanol–water partition coefficient (Wildman–Crippen LogP) is 6.42. The highest BCUT2D eigenvalue weighted by atomic mass is 16.5. The monoisotopic (exact) mass is 635 g/mol. The van der Waals surface area contributed by atoms with Crippen molar-refractivity contribution >= 4 is 17.6 Å². The van der Waals surface area contributed by atoms with Crippen molar-refractivity contribution in [1.29, 1.82) is 0 Å². The van der Waals surface area contributed by atoms with Crippen molar-refractivity contribution in [1.82, 2.24) is 19.7 Å². The lowest BCUT2D eigenvalue weighted by Gasteiger charge is -2.34. The number of aliphatic hydroxyl groups is 1. The Labute approximate surface area is 277 Å². The molecule has 1 aliphatic carbocycles. The molecule has 3 heterocycles. The van der Waals surface area contributed by atoms with Gasteiger partial charge in [-0.25, -0.2) is 14.5 Å². The molecule has 47 heavy (non-hydrogen) atoms. The molecule has 1 amide bonds. The van der Waals surface area contributed by atoms with Crippen LogP contribution in [0.5, 0.6) is 0 Å². The fraction of sp³-hybridized carbons (Fsp3) is 0.421. The van der Waals surface area contributed by atoms with E-state index in [4.69, 9.17) is 9.72 Å². The normalized spacial score (nSPS) is 17.0. The van der Waals surface area contributed by atoms with Crippen molar-refractivity contribution in [2.75, 3.05) is 25.0 Å². The number of ether oxygens (including phenoxy) is 1. The van der Waals surface area contributed by atoms with E-state index in [0.29, 0.717) is 43.4 Å². The second kappa shape index (κ2) is 14.1. The van der Waals surface area contributed by atoms with Crippen LogP contribution in [0, 0.1) is 0 Å². The van der Waals surface area contributed by atoms with Crippen molar-refractivity contribution in [3.05, 3.63) is 94.3 Å². The Bertz CT molecular complexity index is 1750. The lowest BCUT2D eigenvalue weighted by molar-refractivity contribution is -0.140. The molecule has 0 bridgehead atoms. The maximum atomic E-state index is 12.5. The van der Waals surface area contributed by atoms with E-state index in [2.05, 4.69) is 53.7 Å². The van der Waals surface area contributed by atoms with Gasteiger partial charge in [0.2, 0.25) is 0 Å². The van der Waals surface area contributed by atoms with Crippen LogP contribution in [0.4, 0.5) is 5.69 Å². The molecule has 1 aliphatic heterocycles. The molecular weight excluding hydrogens is 590 g/mol. The third-order valence-electron chi connectivity index (χ3n) is 9.64. The van der Waals surface area contributed by atoms with Gasteiger partial charge in [0.15, 0.2) is 5.82 Å². The number of hydrogen-bond donors (Lipinski definition) is 2. The molecule has 1 saturated heterocycles. The van der Waals surface area contributed by atoms with Gasteiger partial charge in [-0.2, -0.15) is 5.10 Å². The van der Waals surface area contributed by atoms with Crippen molar-refractivity contribution in [2.24, 2.45) is 0 Å². The number of nitrogens with one attached hydrogen (secondary N) is 1. The number of pyridine rings is 1. The third-order valence-corrected chi connectivity index (χ3v) is 9.64. The molecule has 0 radical (unpaired) electrons. The summed E-state index contributed by atoms with van der Waals surface area (Å²) in [6.45, 7) is 9.22. The van der Waals surface area contributed by atoms with Crippen molar-refractivity contribution in [3.63, 3.8) is 0 Å². The first-order valence-electron chi connectivity index (χ1n) is 17.0. The van der Waals surface area contributed by atoms with Crippen LogP contribution in [0.2, 0.25) is 0 Å². The molecule has 6 rings (SSSR count). The molecule has 9 nitrogen and oxygen atoms in total. The first-order chi connectivity index (χ1) is 22.8. The van der Waals surface area contributed by atoms with Crippen LogP contribution in [0.3, 0.4) is 0 Å². The number of aromatic nitrogens is 3. The highest BCUT2D eigenvalue weighted by Gasteiger charge is 2.29. The molecule has 1 fully saturated rings. The van der Waals surface area contributed by atoms with E-state index in [1.807, 2.05) is 25.1 Å². The zero-order valence-corrected chi connectivity index (χ0v) is 27.8. The Hall–Kier alpha value is -4.50. The number of likely N-dealkylation sites (tertiary alicyclic amines) is 1. The average molecular weight is 636 g/mol. The number of amides is 1. The minimum absolute atomic E-state index is 0.142. The van der Waals surface area contributed by atoms with E-state index < -0.39 is 6.10 Å². The van der Waals surface area contributed by atoms with Crippen LogP contribution in [-0.4, -0.2) is 62.4 Å². The van der Waals surface area contributed by atoms with Crippen LogP contribution in [0.15, 0.2) is 60.8 Å². The molecule has 0 saturated carbocycles. The molecule has 246 valence electrons. The van der Waals surface area contributed by atoms with Crippen molar-refractivity contribution in [3.8, 4) is 17.1 Å². The SMILES string of the molecule is CCOC(=O)c1cnn(-c2cccc(-c3cccc4c3C(Nc3ccc(C5CCN(C(=O)C(C)O)CC5)c(CC)c3)CC4)n2)c1CC. The van der Waals surface area contributed by atoms with E-state index >= 15 is 0 Å². The van der Waals surface area contributed by atoms with E-state index in [0.717, 1.165) is 54.7 Å². The van der Waals surface area contributed by atoms with Gasteiger partial charge in [0, 0.05) is 24.3 Å². The molecule has 2 aliphatic rings. The van der Waals surface area contributed by atoms with Gasteiger partial charge in [-0.05, 0) is 105 Å². The number of aliphatic hydroxyl groups excluding tert-OH is 1. The van der Waals surface area contributed by atoms with Crippen LogP contribution < -0.4 is 5.32 Å². The van der Waals surface area contributed by atoms with Gasteiger partial charge in [0.1, 0.15) is 11.7 Å². The number of nitrogens with zero attached hydrogens (tertiary/aromatic N) is 4. The van der Waals surface area contributed by atoms with E-state index in [9.17, 15) is 14.7 Å². The van der Waals surface area contributed by atoms with Crippen LogP contribution >= 0.6 is 0 Å². The number of benzene rings is 2. The average Bonchev–Trinajstić information content (AvgIpc) is 3.72. The minimum Gasteiger partial charge on any atom is -0.462 e. The lowest BCUT2D eigenvalue weighted by atomic mass is 9.85. The van der Waals surface area contributed by atoms with Crippen molar-refractivity contribution < 1.29 is 19.4 Å². The zero-order chi connectivity index (χ0) is 33.1. The summed E-state index contributed by atoms with van der Waals surface area (Å²) in [7, 11) is 0. The summed E-state index contributed by atoms with van der Waals surface area (Å²) >= 11 is 0. The first-order valence-corrected chi connectivity index (χ1v) is 17.0. The predicted molar refractivity (Wildman–Crippen MR) is 183 cm³/mol. The van der Waals surface area contributed by atoms with Gasteiger partial charge < -0.3 is 20.1 Å². The fourth-order valence-corrected chi connectivity index (χ4v) is 7.31. The summed E-state index contributed by atoms with van der Waals surface area (Å²) in [5, 5.41) is 18.1. The Morgan fingerprint density at radius 1 is 1.02 bits per heavy atom. The smallest absolute Gasteiger partial charge is 0.341 e. The molecule has 0 spiro atoms. The van der Waals surface area contributed by atoms with Gasteiger partial charge >= 0.3 is 5.97 Å². The molecular formula is C38H45N5O4. The quantitative estimate of drug-likeness (QED) is 0.194. The van der Waals surface area contributed by atoms with E-state index in [1.165, 1.54) is 22.3 Å². The maximum Gasteiger partial charge on any atom is 0.341 e. The number of rotatable bonds is 10. The van der Waals surface area contributed by atoms with Crippen LogP contribution in [0.1, 0.15) is 97.2 Å². The Morgan fingerprint density at radius 3 is 2.53 bits per heavy atom. The number of carbonyl (C=O) groups is 2. The van der Waals surface area contributed by atoms with Gasteiger partial charge in [-0.1, -0.05) is 44.2 Å². The molecule has 2 N–H and O–H groups in total. The number of fused-ring (bicyclic) bond motifs is 1. The Kier molecular flexibility index (Phi) is 9.73. The minimum atomic E-state index is -0.944. The lowest BCUT2D eigenvalue weighted by Crippen LogP contribution is -2.42. The molecule has 2 unspecified atom stereocenters. The van der Waals surface area contributed by atoms with Gasteiger partial charge in [0.05, 0.1) is 30.2 Å². The number of esters is 1. The summed E-state index contributed by atoms with van der Waals surface area (Å²) < 4.78 is 7.00. The number of anilines is 1. The number of carbonyl (C=O) groups excluding carboxylic acids is 2. The van der Waals surface area contributed by atoms with E-state index in [1.54, 1.807) is 29.6 Å². The number of piperidine rings is 1. The first kappa shape index (κ1) is 32.4. The summed E-state index contributed by atoms with van der Waals surface area (Å²) in [5.74, 6) is 0.535. The summed E-state index contributed by atoms with van der Waals surface area (Å²) in [5.41, 5.74) is 9.64. The molecule has 2 aromatic heterocycles. The standard InChI is InChI=1S/C38H45N5O4/c1-5-25-22-28(15-16-29(25)26-18-20-42(21-19-26)37(45)24(4)44)40-33-17-14-27-10-8-11-30(36(27)33)32-12-9-13-35(41-32)43-34(6-2)31(23-39-43)38(46)47-7-3/h8-13,15-16,22-24,26,33,40,44H,5-7,14,17-21H2,1-4H3. The summed E-state index contributed by atoms with van der Waals surface area (Å²) in [6.07, 6.45) is 5.98. The van der Waals surface area contributed by atoms with Gasteiger partial charge in [0.25, 0.3) is 5.91 Å². The Morgan fingerprint density at radius 2 is 1.81 bits per heavy atom. The summed E-state index contributed by atoms with van der Waals surface area (Å²) in [6, 6.07) is 19.3. The molecule has 2 atom stereocenters. The number of aryl methyl sites for hydroxylation is 2. The molecule has 4 aromatic rings. The maximum absolute atomic E-state index is 12.5. The largest absolute Gasteiger partial charge is 0.462 e. The third kappa shape index (κ3) is 6.54. The van der Waals surface area contributed by atoms with Crippen LogP contribution in [-0.2, 0) is 28.8 Å². The molecule has 9 heteroatoms. The van der Waals surface area contributed by atoms with Gasteiger partial charge in [-0.15, -0.1) is 0 Å².